The molecule has 7 aromatic carbocycles. The van der Waals surface area contributed by atoms with Crippen LogP contribution in [-0.4, -0.2) is 78.2 Å². The number of carboxylic acids is 2. The van der Waals surface area contributed by atoms with Crippen molar-refractivity contribution in [1.82, 2.24) is 0 Å². The minimum atomic E-state index is -1.61. The zero-order valence-corrected chi connectivity index (χ0v) is 55.8. The molecule has 7 rings (SSSR count). The average Bonchev–Trinajstić information content (AvgIpc) is 1.39. The first-order valence-electron chi connectivity index (χ1n) is 27.1. The van der Waals surface area contributed by atoms with E-state index in [2.05, 4.69) is 168 Å². The van der Waals surface area contributed by atoms with E-state index in [1.165, 1.54) is 42.4 Å². The number of carbonyl (C=O) groups is 5. The van der Waals surface area contributed by atoms with Crippen LogP contribution in [0.1, 0.15) is 139 Å². The quantitative estimate of drug-likeness (QED) is 0.0143. The van der Waals surface area contributed by atoms with Crippen molar-refractivity contribution in [3.8, 4) is 0 Å². The van der Waals surface area contributed by atoms with Gasteiger partial charge in [-0.15, -0.1) is 17.0 Å². The zero-order valence-electron chi connectivity index (χ0n) is 51.2. The largest absolute Gasteiger partial charge is 1.00 e. The summed E-state index contributed by atoms with van der Waals surface area (Å²) in [6, 6.07) is 61.1. The molecule has 0 unspecified atom stereocenters. The molecule has 0 saturated carbocycles. The van der Waals surface area contributed by atoms with Gasteiger partial charge in [0.2, 0.25) is 0 Å². The van der Waals surface area contributed by atoms with E-state index in [9.17, 15) is 24.0 Å². The Hall–Kier alpha value is -6.68. The number of hydrogen-bond acceptors (Lipinski definition) is 10. The van der Waals surface area contributed by atoms with E-state index in [1.54, 1.807) is 60.7 Å². The van der Waals surface area contributed by atoms with E-state index in [4.69, 9.17) is 20.5 Å². The molecule has 0 amide bonds. The summed E-state index contributed by atoms with van der Waals surface area (Å²) in [7, 11) is 2.08. The summed E-state index contributed by atoms with van der Waals surface area (Å²) >= 11 is 0. The number of nitrogens with zero attached hydrogens (tertiary/aromatic N) is 1. The van der Waals surface area contributed by atoms with Gasteiger partial charge >= 0.3 is 53.4 Å². The van der Waals surface area contributed by atoms with Crippen molar-refractivity contribution in [1.29, 1.82) is 0 Å². The van der Waals surface area contributed by atoms with Crippen LogP contribution in [0.3, 0.4) is 0 Å². The van der Waals surface area contributed by atoms with Crippen LogP contribution in [-0.2, 0) is 15.9 Å². The van der Waals surface area contributed by atoms with Crippen LogP contribution in [0.2, 0.25) is 0 Å². The van der Waals surface area contributed by atoms with Gasteiger partial charge in [0, 0.05) is 14.1 Å². The van der Waals surface area contributed by atoms with E-state index < -0.39 is 25.2 Å². The fourth-order valence-electron chi connectivity index (χ4n) is 7.80. The van der Waals surface area contributed by atoms with Gasteiger partial charge in [0.15, 0.2) is 0 Å². The molecule has 0 bridgehead atoms. The molecule has 86 heavy (non-hydrogen) atoms. The third-order valence-electron chi connectivity index (χ3n) is 11.6. The summed E-state index contributed by atoms with van der Waals surface area (Å²) in [6.07, 6.45) is 12.0. The van der Waals surface area contributed by atoms with Gasteiger partial charge in [0.1, 0.15) is 29.5 Å². The van der Waals surface area contributed by atoms with Crippen molar-refractivity contribution in [3.05, 3.63) is 250 Å². The maximum absolute atomic E-state index is 11.3. The van der Waals surface area contributed by atoms with E-state index in [-0.39, 0.29) is 61.4 Å². The Balaban J connectivity index is -0.000000489. The van der Waals surface area contributed by atoms with Crippen molar-refractivity contribution in [2.24, 2.45) is 29.5 Å². The number of aromatic carboxylic acids is 2. The molecule has 0 spiro atoms. The molecule has 0 aliphatic carbocycles. The number of rotatable bonds is 17. The second-order valence-electron chi connectivity index (χ2n) is 19.9. The third kappa shape index (κ3) is 32.7. The minimum Gasteiger partial charge on any atom is -0.488 e. The number of carboxylic acid groups (broad SMARTS) is 2. The van der Waals surface area contributed by atoms with Crippen LogP contribution in [0, 0.1) is 23.7 Å². The number of aliphatic hydroxyl groups is 1. The topological polar surface area (TPSA) is 225 Å². The summed E-state index contributed by atoms with van der Waals surface area (Å²) in [5, 5.41) is 36.0. The Labute approximate surface area is 546 Å². The smallest absolute Gasteiger partial charge is 0.488 e. The molecule has 0 aliphatic rings. The fourth-order valence-corrected chi connectivity index (χ4v) is 12.5. The van der Waals surface area contributed by atoms with Crippen molar-refractivity contribution >= 4 is 82.5 Å². The Bertz CT molecular complexity index is 2940. The standard InChI is InChI=1S/C22H24P.C13H16O2.C12H16O2.C12H14O2.C9H8O3.CH4O.CH4.BrH.H3N2O.Na.H2/c1-19(2)18-23(20-12-6-3-7-13-20,21-14-8-4-9-15-21)22-16-10-5-11-17-22;1-10(2)7-8-11-5-4-6-12(9-11)13(14)15-3;2*1-9(2)6-7-10-4-3-5-11(8-10)12(13)14;1-12-9(11)8-4-2-3-7(5-8)6-10;1-2;;;1-2-3;;/h3-17,19H,18H2,1-2H3;4-10H,1-3H3;3-5,8-9H,6-7H2,1-2H3,(H,13,14);3-9H,1-2H3,(H,13,14);2-6H,1H3;2H,1H3;1H4;1H;3H,1H2;;1H/q+1;;;;;;;;-1;+1;. The molecule has 0 fully saturated rings. The van der Waals surface area contributed by atoms with Crippen LogP contribution in [0.4, 0.5) is 0 Å². The van der Waals surface area contributed by atoms with Crippen LogP contribution in [0.15, 0.2) is 200 Å². The summed E-state index contributed by atoms with van der Waals surface area (Å²) in [5.41, 5.74) is 7.22. The van der Waals surface area contributed by atoms with Crippen LogP contribution in [0.25, 0.3) is 17.7 Å². The van der Waals surface area contributed by atoms with E-state index >= 15 is 0 Å². The van der Waals surface area contributed by atoms with Gasteiger partial charge in [0.05, 0.1) is 42.6 Å². The van der Waals surface area contributed by atoms with Gasteiger partial charge in [0.25, 0.3) is 0 Å². The minimum absolute atomic E-state index is 0. The van der Waals surface area contributed by atoms with Crippen molar-refractivity contribution in [2.75, 3.05) is 27.5 Å². The monoisotopic (exact) mass is 1270 g/mol. The number of carbonyl (C=O) groups excluding carboxylic acids is 3. The first-order chi connectivity index (χ1) is 39.7. The van der Waals surface area contributed by atoms with E-state index in [0.717, 1.165) is 36.6 Å². The maximum atomic E-state index is 11.3. The molecule has 7 aromatic rings. The van der Waals surface area contributed by atoms with Crippen molar-refractivity contribution in [2.45, 2.75) is 75.7 Å². The van der Waals surface area contributed by atoms with Gasteiger partial charge in [-0.05, 0) is 138 Å². The Kier molecular flexibility index (Phi) is 47.0. The Morgan fingerprint density at radius 1 is 0.523 bits per heavy atom. The molecule has 6 N–H and O–H groups in total. The normalized spacial score (nSPS) is 10.1. The number of benzene rings is 7. The van der Waals surface area contributed by atoms with E-state index in [0.29, 0.717) is 57.8 Å². The number of ether oxygens (including phenoxy) is 2. The van der Waals surface area contributed by atoms with Crippen molar-refractivity contribution in [3.63, 3.8) is 0 Å². The number of hydrogen-bond donors (Lipinski definition) is 5. The molecule has 0 atom stereocenters. The first kappa shape index (κ1) is 83.5. The Morgan fingerprint density at radius 3 is 1.17 bits per heavy atom. The molecular weight excluding hydrogens is 1180 g/mol. The number of allylic oxidation sites excluding steroid dienone is 2. The fraction of sp³-hybridized carbons (Fsp3) is 0.271. The number of aryl methyl sites for hydroxylation is 1. The van der Waals surface area contributed by atoms with Gasteiger partial charge < -0.3 is 41.4 Å². The predicted molar refractivity (Wildman–Crippen MR) is 360 cm³/mol. The molecule has 460 valence electrons. The molecule has 0 aliphatic heterocycles. The predicted octanol–water partition coefficient (Wildman–Crippen LogP) is 12.8. The first-order valence-corrected chi connectivity index (χ1v) is 29.1. The van der Waals surface area contributed by atoms with Gasteiger partial charge in [-0.3, -0.25) is 4.79 Å². The van der Waals surface area contributed by atoms with Crippen LogP contribution in [0.5, 0.6) is 0 Å². The Morgan fingerprint density at radius 2 is 0.849 bits per heavy atom. The third-order valence-corrected chi connectivity index (χ3v) is 16.5. The second kappa shape index (κ2) is 48.4. The average molecular weight is 1270 g/mol. The van der Waals surface area contributed by atoms with Gasteiger partial charge in [-0.2, -0.15) is 0 Å². The number of nitrogens with two attached hydrogens (primary N) is 1. The summed E-state index contributed by atoms with van der Waals surface area (Å²) in [5.74, 6) is 3.84. The number of aldehydes is 1. The molecule has 13 nitrogen and oxygen atoms in total. The van der Waals surface area contributed by atoms with Crippen LogP contribution >= 0.6 is 24.2 Å². The SMILES string of the molecule is Br.C.CC(C)C=Cc1cccc(C(=O)O)c1.CC(C)CCc1cccc(C(=O)O)c1.CC(C)C[P+](c1ccccc1)(c1ccccc1)c1ccccc1.CO.COC(=O)c1cccc(C=CC(C)C)c1.COC(=O)c1cccc(C=O)c1.N[N-]O.[HH].[Na+]. The molecule has 0 saturated heterocycles. The number of esters is 2. The molecule has 16 heteroatoms. The molecule has 0 heterocycles. The molecular formula is C70H92BrN2NaO11P+. The van der Waals surface area contributed by atoms with E-state index in [1.807, 2.05) is 54.1 Å². The summed E-state index contributed by atoms with van der Waals surface area (Å²) in [6.45, 7) is 17.4. The number of aliphatic hydroxyl groups excluding tert-OH is 1. The van der Waals surface area contributed by atoms with Gasteiger partial charge in [-0.1, -0.05) is 190 Å². The number of halogens is 1. The second-order valence-corrected chi connectivity index (χ2v) is 23.5. The molecule has 0 aromatic heterocycles. The zero-order chi connectivity index (χ0) is 62.2. The maximum Gasteiger partial charge on any atom is 1.00 e. The summed E-state index contributed by atoms with van der Waals surface area (Å²) in [4.78, 5) is 53.9. The summed E-state index contributed by atoms with van der Waals surface area (Å²) < 4.78 is 9.13. The molecule has 0 radical (unpaired) electrons. The van der Waals surface area contributed by atoms with Gasteiger partial charge in [-0.25, -0.2) is 19.2 Å². The number of methoxy groups -OCH3 is 2. The van der Waals surface area contributed by atoms with Crippen molar-refractivity contribution < 1.29 is 85.0 Å². The van der Waals surface area contributed by atoms with Crippen LogP contribution < -0.4 is 51.3 Å².